The fourth-order valence-corrected chi connectivity index (χ4v) is 3.68. The van der Waals surface area contributed by atoms with Gasteiger partial charge in [0.1, 0.15) is 0 Å². The Morgan fingerprint density at radius 2 is 1.72 bits per heavy atom. The van der Waals surface area contributed by atoms with Gasteiger partial charge in [0.25, 0.3) is 5.91 Å². The van der Waals surface area contributed by atoms with Gasteiger partial charge in [-0.25, -0.2) is 4.68 Å². The zero-order valence-electron chi connectivity index (χ0n) is 17.0. The van der Waals surface area contributed by atoms with Crippen molar-refractivity contribution in [3.63, 3.8) is 0 Å². The minimum atomic E-state index is -0.140. The summed E-state index contributed by atoms with van der Waals surface area (Å²) in [6.45, 7) is 7.91. The van der Waals surface area contributed by atoms with Gasteiger partial charge in [0.2, 0.25) is 0 Å². The molecule has 0 bridgehead atoms. The second-order valence-corrected chi connectivity index (χ2v) is 7.17. The number of carbonyl (C=O) groups is 1. The monoisotopic (exact) mass is 385 g/mol. The van der Waals surface area contributed by atoms with Gasteiger partial charge in [-0.3, -0.25) is 9.78 Å². The van der Waals surface area contributed by atoms with E-state index >= 15 is 0 Å². The van der Waals surface area contributed by atoms with Crippen molar-refractivity contribution in [3.8, 4) is 11.4 Å². The van der Waals surface area contributed by atoms with Crippen LogP contribution in [0.25, 0.3) is 11.4 Å². The van der Waals surface area contributed by atoms with Gasteiger partial charge in [0, 0.05) is 29.0 Å². The highest BCUT2D eigenvalue weighted by molar-refractivity contribution is 6.05. The number of benzene rings is 1. The van der Waals surface area contributed by atoms with Crippen molar-refractivity contribution in [2.24, 2.45) is 0 Å². The molecule has 3 aromatic heterocycles. The summed E-state index contributed by atoms with van der Waals surface area (Å²) in [7, 11) is 0. The summed E-state index contributed by atoms with van der Waals surface area (Å²) in [4.78, 5) is 17.2. The van der Waals surface area contributed by atoms with Gasteiger partial charge in [-0.1, -0.05) is 6.07 Å². The van der Waals surface area contributed by atoms with Gasteiger partial charge in [-0.2, -0.15) is 5.10 Å². The van der Waals surface area contributed by atoms with Crippen LogP contribution in [-0.4, -0.2) is 25.2 Å². The maximum atomic E-state index is 13.0. The first-order chi connectivity index (χ1) is 13.9. The van der Waals surface area contributed by atoms with E-state index in [1.54, 1.807) is 12.4 Å². The second-order valence-electron chi connectivity index (χ2n) is 7.17. The van der Waals surface area contributed by atoms with Crippen molar-refractivity contribution in [1.29, 1.82) is 0 Å². The third kappa shape index (κ3) is 3.57. The molecule has 0 atom stereocenters. The maximum Gasteiger partial charge on any atom is 0.257 e. The van der Waals surface area contributed by atoms with Gasteiger partial charge in [0.05, 0.1) is 28.8 Å². The highest BCUT2D eigenvalue weighted by Gasteiger charge is 2.17. The number of hydrogen-bond donors (Lipinski definition) is 1. The zero-order chi connectivity index (χ0) is 20.5. The van der Waals surface area contributed by atoms with Gasteiger partial charge < -0.3 is 9.88 Å². The number of aryl methyl sites for hydroxylation is 3. The van der Waals surface area contributed by atoms with E-state index in [1.807, 2.05) is 85.5 Å². The molecule has 29 heavy (non-hydrogen) atoms. The van der Waals surface area contributed by atoms with Gasteiger partial charge in [-0.15, -0.1) is 0 Å². The van der Waals surface area contributed by atoms with E-state index in [-0.39, 0.29) is 5.91 Å². The Kier molecular flexibility index (Phi) is 4.76. The number of rotatable bonds is 4. The Bertz CT molecular complexity index is 1190. The van der Waals surface area contributed by atoms with Crippen molar-refractivity contribution in [1.82, 2.24) is 19.3 Å². The Hall–Kier alpha value is -3.67. The van der Waals surface area contributed by atoms with Crippen molar-refractivity contribution in [2.45, 2.75) is 27.7 Å². The Balaban J connectivity index is 1.63. The third-order valence-electron chi connectivity index (χ3n) is 4.94. The van der Waals surface area contributed by atoms with Gasteiger partial charge >= 0.3 is 0 Å². The summed E-state index contributed by atoms with van der Waals surface area (Å²) in [5, 5.41) is 7.53. The molecule has 1 amide bonds. The second kappa shape index (κ2) is 7.39. The Labute approximate surface area is 169 Å². The number of hydrogen-bond acceptors (Lipinski definition) is 3. The number of carbonyl (C=O) groups excluding carboxylic acids is 1. The molecule has 4 rings (SSSR count). The molecule has 0 aliphatic carbocycles. The van der Waals surface area contributed by atoms with Crippen LogP contribution in [0.4, 0.5) is 5.69 Å². The zero-order valence-corrected chi connectivity index (χ0v) is 17.0. The van der Waals surface area contributed by atoms with Crippen LogP contribution in [0.5, 0.6) is 0 Å². The van der Waals surface area contributed by atoms with Crippen LogP contribution in [0.15, 0.2) is 60.9 Å². The molecule has 0 aliphatic heterocycles. The lowest BCUT2D eigenvalue weighted by atomic mass is 10.2. The average Bonchev–Trinajstić information content (AvgIpc) is 3.20. The molecule has 0 fully saturated rings. The van der Waals surface area contributed by atoms with Crippen LogP contribution in [0.3, 0.4) is 0 Å². The Morgan fingerprint density at radius 3 is 2.41 bits per heavy atom. The van der Waals surface area contributed by atoms with Crippen molar-refractivity contribution in [3.05, 3.63) is 89.3 Å². The van der Waals surface area contributed by atoms with E-state index < -0.39 is 0 Å². The first-order valence-corrected chi connectivity index (χ1v) is 9.48. The van der Waals surface area contributed by atoms with Crippen LogP contribution in [0.2, 0.25) is 0 Å². The van der Waals surface area contributed by atoms with Crippen molar-refractivity contribution >= 4 is 11.6 Å². The number of pyridine rings is 1. The number of nitrogens with one attached hydrogen (secondary N) is 1. The van der Waals surface area contributed by atoms with Crippen LogP contribution in [0.1, 0.15) is 33.1 Å². The molecule has 0 saturated heterocycles. The SMILES string of the molecule is Cc1cc(C)n(-c2cccc(NC(=O)c3cc(C)n(-c4cccnc4)c3C)c2)n1. The van der Waals surface area contributed by atoms with Crippen molar-refractivity contribution < 1.29 is 4.79 Å². The predicted molar refractivity (Wildman–Crippen MR) is 114 cm³/mol. The molecule has 0 unspecified atom stereocenters. The first-order valence-electron chi connectivity index (χ1n) is 9.48. The fourth-order valence-electron chi connectivity index (χ4n) is 3.68. The summed E-state index contributed by atoms with van der Waals surface area (Å²) in [5.74, 6) is -0.140. The summed E-state index contributed by atoms with van der Waals surface area (Å²) >= 11 is 0. The summed E-state index contributed by atoms with van der Waals surface area (Å²) in [5.41, 5.74) is 7.09. The number of aromatic nitrogens is 4. The molecule has 146 valence electrons. The average molecular weight is 385 g/mol. The van der Waals surface area contributed by atoms with Crippen LogP contribution in [-0.2, 0) is 0 Å². The molecule has 0 saturated carbocycles. The van der Waals surface area contributed by atoms with Gasteiger partial charge in [-0.05, 0) is 70.2 Å². The molecular weight excluding hydrogens is 362 g/mol. The molecule has 1 N–H and O–H groups in total. The smallest absolute Gasteiger partial charge is 0.257 e. The van der Waals surface area contributed by atoms with Gasteiger partial charge in [0.15, 0.2) is 0 Å². The fraction of sp³-hybridized carbons (Fsp3) is 0.174. The van der Waals surface area contributed by atoms with Crippen molar-refractivity contribution in [2.75, 3.05) is 5.32 Å². The molecule has 0 aliphatic rings. The molecule has 0 radical (unpaired) electrons. The molecule has 3 heterocycles. The minimum Gasteiger partial charge on any atom is -0.322 e. The molecular formula is C23H23N5O. The Morgan fingerprint density at radius 1 is 0.931 bits per heavy atom. The summed E-state index contributed by atoms with van der Waals surface area (Å²) < 4.78 is 3.91. The highest BCUT2D eigenvalue weighted by atomic mass is 16.1. The van der Waals surface area contributed by atoms with E-state index in [4.69, 9.17) is 0 Å². The minimum absolute atomic E-state index is 0.140. The van der Waals surface area contributed by atoms with E-state index in [9.17, 15) is 4.79 Å². The lowest BCUT2D eigenvalue weighted by Crippen LogP contribution is -2.13. The molecule has 0 spiro atoms. The largest absolute Gasteiger partial charge is 0.322 e. The third-order valence-corrected chi connectivity index (χ3v) is 4.94. The predicted octanol–water partition coefficient (Wildman–Crippen LogP) is 4.54. The lowest BCUT2D eigenvalue weighted by Gasteiger charge is -2.10. The molecule has 1 aromatic carbocycles. The van der Waals surface area contributed by atoms with E-state index in [1.165, 1.54) is 0 Å². The lowest BCUT2D eigenvalue weighted by molar-refractivity contribution is 0.102. The maximum absolute atomic E-state index is 13.0. The number of nitrogens with zero attached hydrogens (tertiary/aromatic N) is 4. The standard InChI is InChI=1S/C23H23N5O/c1-15-11-17(3)28(26-15)20-8-5-7-19(13-20)25-23(29)22-12-16(2)27(18(22)4)21-9-6-10-24-14-21/h5-14H,1-4H3,(H,25,29). The molecule has 4 aromatic rings. The topological polar surface area (TPSA) is 64.7 Å². The molecule has 6 heteroatoms. The van der Waals surface area contributed by atoms with E-state index in [0.717, 1.165) is 39.8 Å². The van der Waals surface area contributed by atoms with Crippen LogP contribution < -0.4 is 5.32 Å². The summed E-state index contributed by atoms with van der Waals surface area (Å²) in [6.07, 6.45) is 3.53. The van der Waals surface area contributed by atoms with Crippen LogP contribution in [0, 0.1) is 27.7 Å². The first kappa shape index (κ1) is 18.7. The number of anilines is 1. The summed E-state index contributed by atoms with van der Waals surface area (Å²) in [6, 6.07) is 15.5. The van der Waals surface area contributed by atoms with E-state index in [0.29, 0.717) is 5.56 Å². The van der Waals surface area contributed by atoms with E-state index in [2.05, 4.69) is 15.4 Å². The normalized spacial score (nSPS) is 10.9. The van der Waals surface area contributed by atoms with Crippen LogP contribution >= 0.6 is 0 Å². The highest BCUT2D eigenvalue weighted by Crippen LogP contribution is 2.22. The molecule has 6 nitrogen and oxygen atoms in total. The number of amides is 1. The quantitative estimate of drug-likeness (QED) is 0.561.